The predicted octanol–water partition coefficient (Wildman–Crippen LogP) is 0.0352. The van der Waals surface area contributed by atoms with E-state index in [2.05, 4.69) is 9.47 Å². The lowest BCUT2D eigenvalue weighted by molar-refractivity contribution is -0.137. The zero-order valence-electron chi connectivity index (χ0n) is 9.38. The number of esters is 2. The van der Waals surface area contributed by atoms with Crippen molar-refractivity contribution in [1.29, 1.82) is 0 Å². The molecule has 0 aliphatic carbocycles. The molecule has 0 atom stereocenters. The molecule has 0 bridgehead atoms. The minimum absolute atomic E-state index is 0.204. The van der Waals surface area contributed by atoms with Gasteiger partial charge in [-0.2, -0.15) is 0 Å². The van der Waals surface area contributed by atoms with Crippen LogP contribution < -0.4 is 5.56 Å². The molecule has 0 saturated carbocycles. The maximum Gasteiger partial charge on any atom is 0.355 e. The third-order valence-electron chi connectivity index (χ3n) is 1.93. The van der Waals surface area contributed by atoms with Gasteiger partial charge in [-0.15, -0.1) is 0 Å². The van der Waals surface area contributed by atoms with E-state index in [1.54, 1.807) is 6.07 Å². The molecular weight excluding hydrogens is 226 g/mol. The van der Waals surface area contributed by atoms with Gasteiger partial charge in [0, 0.05) is 12.3 Å². The monoisotopic (exact) mass is 237 g/mol. The summed E-state index contributed by atoms with van der Waals surface area (Å²) in [5.41, 5.74) is -0.655. The average Bonchev–Trinajstić information content (AvgIpc) is 2.35. The molecular formula is C11H11NO5. The Labute approximate surface area is 97.1 Å². The van der Waals surface area contributed by atoms with Gasteiger partial charge in [-0.3, -0.25) is 9.36 Å². The second-order valence-corrected chi connectivity index (χ2v) is 2.95. The number of carbonyl (C=O) groups is 2. The molecule has 0 aromatic carbocycles. The summed E-state index contributed by atoms with van der Waals surface area (Å²) < 4.78 is 9.89. The maximum atomic E-state index is 11.5. The molecule has 0 amide bonds. The predicted molar refractivity (Wildman–Crippen MR) is 59.0 cm³/mol. The summed E-state index contributed by atoms with van der Waals surface area (Å²) in [6, 6.07) is 4.33. The Morgan fingerprint density at radius 1 is 1.24 bits per heavy atom. The molecule has 1 heterocycles. The van der Waals surface area contributed by atoms with Gasteiger partial charge in [0.1, 0.15) is 5.70 Å². The van der Waals surface area contributed by atoms with Gasteiger partial charge < -0.3 is 9.47 Å². The van der Waals surface area contributed by atoms with E-state index in [0.29, 0.717) is 0 Å². The molecule has 0 unspecified atom stereocenters. The van der Waals surface area contributed by atoms with Crippen LogP contribution in [0.5, 0.6) is 0 Å². The largest absolute Gasteiger partial charge is 0.466 e. The zero-order chi connectivity index (χ0) is 12.8. The summed E-state index contributed by atoms with van der Waals surface area (Å²) in [4.78, 5) is 34.1. The molecule has 0 aliphatic rings. The van der Waals surface area contributed by atoms with Crippen LogP contribution in [-0.4, -0.2) is 30.7 Å². The third kappa shape index (κ3) is 3.04. The lowest BCUT2D eigenvalue weighted by atomic mass is 10.3. The number of hydrogen-bond donors (Lipinski definition) is 0. The SMILES string of the molecule is COC(=O)C=C(C(=O)OC)n1ccccc1=O. The van der Waals surface area contributed by atoms with Crippen LogP contribution in [0.1, 0.15) is 0 Å². The molecule has 0 spiro atoms. The summed E-state index contributed by atoms with van der Waals surface area (Å²) in [5.74, 6) is -1.55. The number of nitrogens with zero attached hydrogens (tertiary/aromatic N) is 1. The van der Waals surface area contributed by atoms with Crippen molar-refractivity contribution >= 4 is 17.6 Å². The van der Waals surface area contributed by atoms with Crippen LogP contribution in [0.4, 0.5) is 0 Å². The second kappa shape index (κ2) is 5.64. The third-order valence-corrected chi connectivity index (χ3v) is 1.93. The first-order valence-electron chi connectivity index (χ1n) is 4.66. The van der Waals surface area contributed by atoms with Crippen molar-refractivity contribution in [3.05, 3.63) is 40.8 Å². The number of aromatic nitrogens is 1. The van der Waals surface area contributed by atoms with Crippen LogP contribution in [0, 0.1) is 0 Å². The van der Waals surface area contributed by atoms with Crippen molar-refractivity contribution in [3.63, 3.8) is 0 Å². The fraction of sp³-hybridized carbons (Fsp3) is 0.182. The molecule has 90 valence electrons. The van der Waals surface area contributed by atoms with Crippen LogP contribution in [0.15, 0.2) is 35.3 Å². The quantitative estimate of drug-likeness (QED) is 0.548. The van der Waals surface area contributed by atoms with Crippen molar-refractivity contribution in [2.45, 2.75) is 0 Å². The molecule has 0 radical (unpaired) electrons. The van der Waals surface area contributed by atoms with Crippen molar-refractivity contribution in [2.24, 2.45) is 0 Å². The van der Waals surface area contributed by atoms with Gasteiger partial charge in [0.05, 0.1) is 20.3 Å². The van der Waals surface area contributed by atoms with Gasteiger partial charge in [-0.1, -0.05) is 6.07 Å². The van der Waals surface area contributed by atoms with E-state index in [4.69, 9.17) is 0 Å². The Balaban J connectivity index is 3.31. The minimum atomic E-state index is -0.802. The van der Waals surface area contributed by atoms with Crippen molar-refractivity contribution in [3.8, 4) is 0 Å². The number of ether oxygens (including phenoxy) is 2. The van der Waals surface area contributed by atoms with Crippen molar-refractivity contribution < 1.29 is 19.1 Å². The summed E-state index contributed by atoms with van der Waals surface area (Å²) in [6.07, 6.45) is 2.25. The molecule has 6 nitrogen and oxygen atoms in total. The Morgan fingerprint density at radius 2 is 1.94 bits per heavy atom. The van der Waals surface area contributed by atoms with Crippen molar-refractivity contribution in [2.75, 3.05) is 14.2 Å². The van der Waals surface area contributed by atoms with Gasteiger partial charge in [-0.05, 0) is 6.07 Å². The second-order valence-electron chi connectivity index (χ2n) is 2.95. The number of rotatable bonds is 3. The first-order chi connectivity index (χ1) is 8.10. The van der Waals surface area contributed by atoms with E-state index in [0.717, 1.165) is 17.8 Å². The Kier molecular flexibility index (Phi) is 4.21. The lowest BCUT2D eigenvalue weighted by Gasteiger charge is -2.07. The summed E-state index contributed by atoms with van der Waals surface area (Å²) in [7, 11) is 2.32. The molecule has 17 heavy (non-hydrogen) atoms. The normalized spacial score (nSPS) is 10.8. The maximum absolute atomic E-state index is 11.5. The van der Waals surface area contributed by atoms with Gasteiger partial charge in [0.15, 0.2) is 0 Å². The molecule has 0 fully saturated rings. The van der Waals surface area contributed by atoms with E-state index in [-0.39, 0.29) is 5.70 Å². The fourth-order valence-corrected chi connectivity index (χ4v) is 1.13. The fourth-order valence-electron chi connectivity index (χ4n) is 1.13. The van der Waals surface area contributed by atoms with E-state index < -0.39 is 17.5 Å². The number of carbonyl (C=O) groups excluding carboxylic acids is 2. The molecule has 1 aromatic heterocycles. The number of pyridine rings is 1. The van der Waals surface area contributed by atoms with Crippen LogP contribution in [0.2, 0.25) is 0 Å². The smallest absolute Gasteiger partial charge is 0.355 e. The highest BCUT2D eigenvalue weighted by Crippen LogP contribution is 2.04. The zero-order valence-corrected chi connectivity index (χ0v) is 9.38. The van der Waals surface area contributed by atoms with Gasteiger partial charge >= 0.3 is 11.9 Å². The highest BCUT2D eigenvalue weighted by atomic mass is 16.5. The van der Waals surface area contributed by atoms with Crippen LogP contribution in [-0.2, 0) is 19.1 Å². The van der Waals surface area contributed by atoms with Gasteiger partial charge in [0.25, 0.3) is 5.56 Å². The minimum Gasteiger partial charge on any atom is -0.466 e. The highest BCUT2D eigenvalue weighted by molar-refractivity contribution is 6.14. The summed E-state index contributed by atoms with van der Waals surface area (Å²) >= 11 is 0. The summed E-state index contributed by atoms with van der Waals surface area (Å²) in [5, 5.41) is 0. The Hall–Kier alpha value is -2.37. The highest BCUT2D eigenvalue weighted by Gasteiger charge is 2.15. The van der Waals surface area contributed by atoms with E-state index in [1.165, 1.54) is 25.4 Å². The number of hydrogen-bond acceptors (Lipinski definition) is 5. The first kappa shape index (κ1) is 12.7. The first-order valence-corrected chi connectivity index (χ1v) is 4.66. The van der Waals surface area contributed by atoms with Crippen LogP contribution in [0.3, 0.4) is 0 Å². The van der Waals surface area contributed by atoms with Crippen LogP contribution in [0.25, 0.3) is 5.70 Å². The lowest BCUT2D eigenvalue weighted by Crippen LogP contribution is -2.23. The Bertz CT molecular complexity index is 515. The van der Waals surface area contributed by atoms with Gasteiger partial charge in [0.2, 0.25) is 0 Å². The van der Waals surface area contributed by atoms with Crippen molar-refractivity contribution in [1.82, 2.24) is 4.57 Å². The standard InChI is InChI=1S/C11H11NO5/c1-16-10(14)7-8(11(15)17-2)12-6-4-3-5-9(12)13/h3-7H,1-2H3. The molecule has 0 N–H and O–H groups in total. The Morgan fingerprint density at radius 3 is 2.47 bits per heavy atom. The van der Waals surface area contributed by atoms with E-state index >= 15 is 0 Å². The average molecular weight is 237 g/mol. The molecule has 0 saturated heterocycles. The molecule has 0 aliphatic heterocycles. The topological polar surface area (TPSA) is 74.6 Å². The van der Waals surface area contributed by atoms with E-state index in [9.17, 15) is 14.4 Å². The molecule has 1 rings (SSSR count). The van der Waals surface area contributed by atoms with Crippen LogP contribution >= 0.6 is 0 Å². The van der Waals surface area contributed by atoms with E-state index in [1.807, 2.05) is 0 Å². The molecule has 6 heteroatoms. The number of methoxy groups -OCH3 is 2. The molecule has 1 aromatic rings. The van der Waals surface area contributed by atoms with Gasteiger partial charge in [-0.25, -0.2) is 9.59 Å². The summed E-state index contributed by atoms with van der Waals surface area (Å²) in [6.45, 7) is 0.